The molecule has 2 heterocycles. The van der Waals surface area contributed by atoms with Crippen LogP contribution >= 0.6 is 11.6 Å². The number of nitrogens with zero attached hydrogens (tertiary/aromatic N) is 3. The molecule has 0 aliphatic carbocycles. The van der Waals surface area contributed by atoms with Crippen molar-refractivity contribution in [1.82, 2.24) is 4.90 Å². The van der Waals surface area contributed by atoms with Gasteiger partial charge in [-0.05, 0) is 48.4 Å². The standard InChI is InChI=1S/C22H24ClN3O2/c23-20-13-18(14-21-22(20)28-12-2-11-27-21)16-25-7-1-8-26(10-9-25)19-5-3-17(15-24)4-6-19/h3-6,13-14H,1-2,7-12,16H2. The summed E-state index contributed by atoms with van der Waals surface area (Å²) in [4.78, 5) is 4.85. The summed E-state index contributed by atoms with van der Waals surface area (Å²) in [6.07, 6.45) is 1.97. The van der Waals surface area contributed by atoms with Gasteiger partial charge in [0.2, 0.25) is 0 Å². The Morgan fingerprint density at radius 3 is 2.61 bits per heavy atom. The van der Waals surface area contributed by atoms with Gasteiger partial charge >= 0.3 is 0 Å². The van der Waals surface area contributed by atoms with Crippen LogP contribution < -0.4 is 14.4 Å². The van der Waals surface area contributed by atoms with E-state index in [0.717, 1.165) is 56.9 Å². The summed E-state index contributed by atoms with van der Waals surface area (Å²) in [6.45, 7) is 6.15. The number of benzene rings is 2. The Hall–Kier alpha value is -2.42. The van der Waals surface area contributed by atoms with Crippen molar-refractivity contribution in [3.05, 3.63) is 52.5 Å². The molecule has 0 saturated carbocycles. The van der Waals surface area contributed by atoms with E-state index in [1.165, 1.54) is 5.69 Å². The molecule has 0 radical (unpaired) electrons. The number of hydrogen-bond donors (Lipinski definition) is 0. The molecule has 2 aliphatic heterocycles. The molecule has 0 spiro atoms. The fraction of sp³-hybridized carbons (Fsp3) is 0.409. The summed E-state index contributed by atoms with van der Waals surface area (Å²) in [5, 5.41) is 9.60. The van der Waals surface area contributed by atoms with Gasteiger partial charge in [-0.15, -0.1) is 0 Å². The number of fused-ring (bicyclic) bond motifs is 1. The summed E-state index contributed by atoms with van der Waals surface area (Å²) in [5.74, 6) is 1.43. The molecule has 0 atom stereocenters. The van der Waals surface area contributed by atoms with E-state index in [4.69, 9.17) is 26.3 Å². The van der Waals surface area contributed by atoms with E-state index in [1.807, 2.05) is 30.3 Å². The summed E-state index contributed by atoms with van der Waals surface area (Å²) in [5.41, 5.74) is 3.03. The lowest BCUT2D eigenvalue weighted by atomic mass is 10.2. The monoisotopic (exact) mass is 397 g/mol. The van der Waals surface area contributed by atoms with Crippen molar-refractivity contribution in [2.24, 2.45) is 0 Å². The number of halogens is 1. The van der Waals surface area contributed by atoms with E-state index in [2.05, 4.69) is 21.9 Å². The van der Waals surface area contributed by atoms with Gasteiger partial charge in [0.15, 0.2) is 11.5 Å². The first kappa shape index (κ1) is 18.9. The number of hydrogen-bond acceptors (Lipinski definition) is 5. The first-order chi connectivity index (χ1) is 13.7. The van der Waals surface area contributed by atoms with Gasteiger partial charge < -0.3 is 14.4 Å². The van der Waals surface area contributed by atoms with Crippen LogP contribution in [0.15, 0.2) is 36.4 Å². The van der Waals surface area contributed by atoms with E-state index in [1.54, 1.807) is 0 Å². The van der Waals surface area contributed by atoms with E-state index in [-0.39, 0.29) is 0 Å². The van der Waals surface area contributed by atoms with Crippen molar-refractivity contribution in [2.75, 3.05) is 44.3 Å². The third kappa shape index (κ3) is 4.35. The highest BCUT2D eigenvalue weighted by Gasteiger charge is 2.19. The van der Waals surface area contributed by atoms with Crippen LogP contribution in [-0.2, 0) is 6.54 Å². The number of nitriles is 1. The molecule has 1 fully saturated rings. The van der Waals surface area contributed by atoms with Crippen LogP contribution in [0.4, 0.5) is 5.69 Å². The predicted octanol–water partition coefficient (Wildman–Crippen LogP) is 4.09. The Morgan fingerprint density at radius 2 is 1.79 bits per heavy atom. The van der Waals surface area contributed by atoms with E-state index in [0.29, 0.717) is 29.5 Å². The van der Waals surface area contributed by atoms with Crippen molar-refractivity contribution in [1.29, 1.82) is 5.26 Å². The lowest BCUT2D eigenvalue weighted by Crippen LogP contribution is -2.30. The van der Waals surface area contributed by atoms with Crippen molar-refractivity contribution < 1.29 is 9.47 Å². The minimum atomic E-state index is 0.628. The topological polar surface area (TPSA) is 48.7 Å². The minimum Gasteiger partial charge on any atom is -0.489 e. The van der Waals surface area contributed by atoms with Crippen LogP contribution in [0, 0.1) is 11.3 Å². The van der Waals surface area contributed by atoms with Crippen molar-refractivity contribution in [3.8, 4) is 17.6 Å². The van der Waals surface area contributed by atoms with Crippen LogP contribution in [0.2, 0.25) is 5.02 Å². The predicted molar refractivity (Wildman–Crippen MR) is 110 cm³/mol. The van der Waals surface area contributed by atoms with Gasteiger partial charge in [0, 0.05) is 44.8 Å². The maximum absolute atomic E-state index is 8.97. The minimum absolute atomic E-state index is 0.628. The van der Waals surface area contributed by atoms with Gasteiger partial charge in [-0.1, -0.05) is 11.6 Å². The van der Waals surface area contributed by atoms with Gasteiger partial charge in [-0.25, -0.2) is 0 Å². The lowest BCUT2D eigenvalue weighted by Gasteiger charge is -2.24. The van der Waals surface area contributed by atoms with Crippen LogP contribution in [0.25, 0.3) is 0 Å². The maximum Gasteiger partial charge on any atom is 0.179 e. The summed E-state index contributed by atoms with van der Waals surface area (Å²) >= 11 is 6.44. The van der Waals surface area contributed by atoms with Gasteiger partial charge in [0.1, 0.15) is 0 Å². The largest absolute Gasteiger partial charge is 0.489 e. The summed E-state index contributed by atoms with van der Waals surface area (Å²) in [6, 6.07) is 14.1. The zero-order valence-electron chi connectivity index (χ0n) is 15.9. The summed E-state index contributed by atoms with van der Waals surface area (Å²) in [7, 11) is 0. The fourth-order valence-corrected chi connectivity index (χ4v) is 4.06. The van der Waals surface area contributed by atoms with Crippen LogP contribution in [-0.4, -0.2) is 44.3 Å². The molecular weight excluding hydrogens is 374 g/mol. The quantitative estimate of drug-likeness (QED) is 0.780. The third-order valence-corrected chi connectivity index (χ3v) is 5.50. The third-order valence-electron chi connectivity index (χ3n) is 5.22. The van der Waals surface area contributed by atoms with Gasteiger partial charge in [0.05, 0.1) is 29.9 Å². The number of ether oxygens (including phenoxy) is 2. The lowest BCUT2D eigenvalue weighted by molar-refractivity contribution is 0.283. The second-order valence-electron chi connectivity index (χ2n) is 7.23. The molecule has 2 aliphatic rings. The molecule has 0 amide bonds. The average molecular weight is 398 g/mol. The van der Waals surface area contributed by atoms with Crippen LogP contribution in [0.5, 0.6) is 11.5 Å². The molecule has 6 heteroatoms. The molecule has 0 unspecified atom stereocenters. The van der Waals surface area contributed by atoms with E-state index in [9.17, 15) is 0 Å². The van der Waals surface area contributed by atoms with Gasteiger partial charge in [0.25, 0.3) is 0 Å². The normalized spacial score (nSPS) is 17.5. The van der Waals surface area contributed by atoms with Crippen molar-refractivity contribution >= 4 is 17.3 Å². The highest BCUT2D eigenvalue weighted by Crippen LogP contribution is 2.38. The maximum atomic E-state index is 8.97. The second-order valence-corrected chi connectivity index (χ2v) is 7.64. The van der Waals surface area contributed by atoms with Gasteiger partial charge in [-0.2, -0.15) is 5.26 Å². The Balaban J connectivity index is 1.41. The molecule has 0 aromatic heterocycles. The molecule has 28 heavy (non-hydrogen) atoms. The van der Waals surface area contributed by atoms with Crippen molar-refractivity contribution in [2.45, 2.75) is 19.4 Å². The molecule has 0 N–H and O–H groups in total. The van der Waals surface area contributed by atoms with E-state index >= 15 is 0 Å². The molecule has 4 rings (SSSR count). The van der Waals surface area contributed by atoms with Gasteiger partial charge in [-0.3, -0.25) is 4.90 Å². The van der Waals surface area contributed by atoms with Crippen molar-refractivity contribution in [3.63, 3.8) is 0 Å². The first-order valence-electron chi connectivity index (χ1n) is 9.78. The average Bonchev–Trinajstić information content (AvgIpc) is 3.09. The Kier molecular flexibility index (Phi) is 5.90. The number of rotatable bonds is 3. The Bertz CT molecular complexity index is 863. The highest BCUT2D eigenvalue weighted by atomic mass is 35.5. The zero-order chi connectivity index (χ0) is 19.3. The zero-order valence-corrected chi connectivity index (χ0v) is 16.6. The Morgan fingerprint density at radius 1 is 0.964 bits per heavy atom. The second kappa shape index (κ2) is 8.72. The number of anilines is 1. The SMILES string of the molecule is N#Cc1ccc(N2CCCN(Cc3cc(Cl)c4c(c3)OCCCO4)CC2)cc1. The molecule has 0 bridgehead atoms. The first-order valence-corrected chi connectivity index (χ1v) is 10.2. The fourth-order valence-electron chi connectivity index (χ4n) is 3.77. The highest BCUT2D eigenvalue weighted by molar-refractivity contribution is 6.32. The molecule has 2 aromatic carbocycles. The summed E-state index contributed by atoms with van der Waals surface area (Å²) < 4.78 is 11.5. The Labute approximate surface area is 171 Å². The van der Waals surface area contributed by atoms with E-state index < -0.39 is 0 Å². The molecule has 5 nitrogen and oxygen atoms in total. The van der Waals surface area contributed by atoms with Crippen LogP contribution in [0.3, 0.4) is 0 Å². The molecule has 146 valence electrons. The smallest absolute Gasteiger partial charge is 0.179 e. The van der Waals surface area contributed by atoms with Crippen LogP contribution in [0.1, 0.15) is 24.0 Å². The molecule has 1 saturated heterocycles. The molecule has 2 aromatic rings. The molecular formula is C22H24ClN3O2.